The van der Waals surface area contributed by atoms with Crippen molar-refractivity contribution in [3.8, 4) is 11.8 Å². The van der Waals surface area contributed by atoms with Gasteiger partial charge in [0, 0.05) is 39.7 Å². The van der Waals surface area contributed by atoms with E-state index in [0.29, 0.717) is 13.2 Å². The minimum absolute atomic E-state index is 0.0000726. The molecule has 0 radical (unpaired) electrons. The topological polar surface area (TPSA) is 135 Å². The lowest BCUT2D eigenvalue weighted by atomic mass is 10.2. The van der Waals surface area contributed by atoms with Crippen molar-refractivity contribution in [1.82, 2.24) is 9.55 Å². The summed E-state index contributed by atoms with van der Waals surface area (Å²) in [6.45, 7) is 6.62. The molecular formula is C20H26N2O9. The Hall–Kier alpha value is -2.94. The number of H-pyrrole nitrogens is 1. The van der Waals surface area contributed by atoms with Crippen molar-refractivity contribution in [3.63, 3.8) is 0 Å². The third kappa shape index (κ3) is 7.06. The summed E-state index contributed by atoms with van der Waals surface area (Å²) in [7, 11) is 0. The Kier molecular flexibility index (Phi) is 8.99. The van der Waals surface area contributed by atoms with Crippen molar-refractivity contribution in [2.75, 3.05) is 19.8 Å². The Morgan fingerprint density at radius 1 is 1.23 bits per heavy atom. The van der Waals surface area contributed by atoms with Crippen LogP contribution in [-0.2, 0) is 33.3 Å². The first kappa shape index (κ1) is 24.3. The summed E-state index contributed by atoms with van der Waals surface area (Å²) in [5, 5.41) is 0. The zero-order chi connectivity index (χ0) is 23.0. The van der Waals surface area contributed by atoms with Crippen LogP contribution in [-0.4, -0.2) is 59.8 Å². The minimum Gasteiger partial charge on any atom is -0.463 e. The van der Waals surface area contributed by atoms with Gasteiger partial charge in [0.1, 0.15) is 30.6 Å². The molecule has 2 rings (SSSR count). The lowest BCUT2D eigenvalue weighted by Crippen LogP contribution is -2.34. The molecule has 170 valence electrons. The van der Waals surface area contributed by atoms with Gasteiger partial charge < -0.3 is 23.7 Å². The molecule has 3 unspecified atom stereocenters. The highest BCUT2D eigenvalue weighted by molar-refractivity contribution is 5.66. The molecule has 1 saturated heterocycles. The summed E-state index contributed by atoms with van der Waals surface area (Å²) in [6, 6.07) is 0. The average molecular weight is 438 g/mol. The van der Waals surface area contributed by atoms with Gasteiger partial charge in [-0.2, -0.15) is 0 Å². The monoisotopic (exact) mass is 438 g/mol. The molecule has 1 aliphatic rings. The highest BCUT2D eigenvalue weighted by Crippen LogP contribution is 2.30. The fraction of sp³-hybridized carbons (Fsp3) is 0.600. The second kappa shape index (κ2) is 11.5. The van der Waals surface area contributed by atoms with Crippen LogP contribution in [0.25, 0.3) is 0 Å². The Balaban J connectivity index is 2.30. The van der Waals surface area contributed by atoms with Gasteiger partial charge in [0.25, 0.3) is 5.56 Å². The van der Waals surface area contributed by atoms with Gasteiger partial charge in [-0.15, -0.1) is 0 Å². The van der Waals surface area contributed by atoms with Crippen LogP contribution in [0.15, 0.2) is 15.8 Å². The molecule has 31 heavy (non-hydrogen) atoms. The highest BCUT2D eigenvalue weighted by Gasteiger charge is 2.39. The number of carbonyl (C=O) groups is 2. The fourth-order valence-corrected chi connectivity index (χ4v) is 2.92. The number of rotatable bonds is 8. The van der Waals surface area contributed by atoms with Crippen LogP contribution >= 0.6 is 0 Å². The zero-order valence-electron chi connectivity index (χ0n) is 17.8. The van der Waals surface area contributed by atoms with E-state index in [4.69, 9.17) is 23.7 Å². The van der Waals surface area contributed by atoms with Crippen molar-refractivity contribution in [2.24, 2.45) is 0 Å². The summed E-state index contributed by atoms with van der Waals surface area (Å²) in [5.41, 5.74) is -1.40. The highest BCUT2D eigenvalue weighted by atomic mass is 16.7. The summed E-state index contributed by atoms with van der Waals surface area (Å²) < 4.78 is 27.7. The van der Waals surface area contributed by atoms with Gasteiger partial charge in [-0.25, -0.2) is 4.79 Å². The third-order valence-corrected chi connectivity index (χ3v) is 4.19. The Morgan fingerprint density at radius 3 is 2.48 bits per heavy atom. The first-order chi connectivity index (χ1) is 14.7. The standard InChI is InChI=1S/C20H26N2O9/c1-5-27-18(28-6-2)8-7-14-10-22(20(26)21-19(14)25)17-9-15(30-13(4)24)16(31-17)11-29-12(3)23/h10,15-18H,5-6,9,11H2,1-4H3,(H,21,25,26). The van der Waals surface area contributed by atoms with Crippen molar-refractivity contribution in [3.05, 3.63) is 32.6 Å². The molecule has 0 amide bonds. The molecule has 1 aromatic heterocycles. The molecule has 1 aromatic rings. The van der Waals surface area contributed by atoms with E-state index >= 15 is 0 Å². The van der Waals surface area contributed by atoms with Gasteiger partial charge in [0.15, 0.2) is 0 Å². The maximum atomic E-state index is 12.4. The quantitative estimate of drug-likeness (QED) is 0.340. The van der Waals surface area contributed by atoms with Crippen molar-refractivity contribution in [2.45, 2.75) is 58.8 Å². The predicted octanol–water partition coefficient (Wildman–Crippen LogP) is 0.0695. The Labute approximate surface area is 178 Å². The molecular weight excluding hydrogens is 412 g/mol. The first-order valence-corrected chi connectivity index (χ1v) is 9.81. The summed E-state index contributed by atoms with van der Waals surface area (Å²) in [6.07, 6.45) is -1.83. The van der Waals surface area contributed by atoms with Crippen LogP contribution in [0, 0.1) is 11.8 Å². The number of ether oxygens (including phenoxy) is 5. The molecule has 1 aliphatic heterocycles. The smallest absolute Gasteiger partial charge is 0.330 e. The van der Waals surface area contributed by atoms with E-state index in [1.807, 2.05) is 0 Å². The van der Waals surface area contributed by atoms with Gasteiger partial charge in [0.2, 0.25) is 6.29 Å². The van der Waals surface area contributed by atoms with Crippen LogP contribution in [0.1, 0.15) is 45.9 Å². The molecule has 11 nitrogen and oxygen atoms in total. The van der Waals surface area contributed by atoms with Gasteiger partial charge in [-0.05, 0) is 19.8 Å². The van der Waals surface area contributed by atoms with Gasteiger partial charge in [0.05, 0.1) is 0 Å². The molecule has 0 saturated carbocycles. The number of nitrogens with one attached hydrogen (secondary N) is 1. The number of hydrogen-bond donors (Lipinski definition) is 1. The normalized spacial score (nSPS) is 20.2. The molecule has 1 fully saturated rings. The molecule has 0 aliphatic carbocycles. The van der Waals surface area contributed by atoms with Crippen molar-refractivity contribution in [1.29, 1.82) is 0 Å². The van der Waals surface area contributed by atoms with E-state index in [2.05, 4.69) is 16.8 Å². The number of carbonyl (C=O) groups excluding carboxylic acids is 2. The lowest BCUT2D eigenvalue weighted by molar-refractivity contribution is -0.155. The molecule has 11 heteroatoms. The number of nitrogens with zero attached hydrogens (tertiary/aromatic N) is 1. The second-order valence-corrected chi connectivity index (χ2v) is 6.54. The molecule has 0 bridgehead atoms. The number of aromatic amines is 1. The van der Waals surface area contributed by atoms with E-state index in [-0.39, 0.29) is 18.6 Å². The van der Waals surface area contributed by atoms with E-state index in [0.717, 1.165) is 4.57 Å². The van der Waals surface area contributed by atoms with Crippen LogP contribution in [0.4, 0.5) is 0 Å². The van der Waals surface area contributed by atoms with Crippen LogP contribution in [0.5, 0.6) is 0 Å². The molecule has 3 atom stereocenters. The SMILES string of the molecule is CCOC(C#Cc1cn(C2CC(OC(C)=O)C(COC(C)=O)O2)c(=O)[nH]c1=O)OCC. The first-order valence-electron chi connectivity index (χ1n) is 9.81. The average Bonchev–Trinajstić information content (AvgIpc) is 3.07. The Bertz CT molecular complexity index is 950. The summed E-state index contributed by atoms with van der Waals surface area (Å²) >= 11 is 0. The third-order valence-electron chi connectivity index (χ3n) is 4.19. The predicted molar refractivity (Wildman–Crippen MR) is 106 cm³/mol. The van der Waals surface area contributed by atoms with E-state index in [9.17, 15) is 19.2 Å². The number of aromatic nitrogens is 2. The maximum Gasteiger partial charge on any atom is 0.330 e. The maximum absolute atomic E-state index is 12.4. The van der Waals surface area contributed by atoms with Gasteiger partial charge in [-0.1, -0.05) is 5.92 Å². The molecule has 0 spiro atoms. The van der Waals surface area contributed by atoms with E-state index in [1.54, 1.807) is 13.8 Å². The number of hydrogen-bond acceptors (Lipinski definition) is 9. The van der Waals surface area contributed by atoms with Gasteiger partial charge in [-0.3, -0.25) is 23.9 Å². The van der Waals surface area contributed by atoms with Gasteiger partial charge >= 0.3 is 17.6 Å². The second-order valence-electron chi connectivity index (χ2n) is 6.54. The lowest BCUT2D eigenvalue weighted by Gasteiger charge is -2.17. The number of esters is 2. The van der Waals surface area contributed by atoms with E-state index in [1.165, 1.54) is 20.0 Å². The van der Waals surface area contributed by atoms with Crippen LogP contribution in [0.2, 0.25) is 0 Å². The zero-order valence-corrected chi connectivity index (χ0v) is 17.8. The summed E-state index contributed by atoms with van der Waals surface area (Å²) in [4.78, 5) is 49.2. The summed E-state index contributed by atoms with van der Waals surface area (Å²) in [5.74, 6) is 4.29. The van der Waals surface area contributed by atoms with Crippen molar-refractivity contribution < 1.29 is 33.3 Å². The van der Waals surface area contributed by atoms with Crippen molar-refractivity contribution >= 4 is 11.9 Å². The Morgan fingerprint density at radius 2 is 1.90 bits per heavy atom. The molecule has 2 heterocycles. The van der Waals surface area contributed by atoms with E-state index < -0.39 is 47.9 Å². The van der Waals surface area contributed by atoms with Crippen LogP contribution < -0.4 is 11.2 Å². The largest absolute Gasteiger partial charge is 0.463 e. The fourth-order valence-electron chi connectivity index (χ4n) is 2.92. The minimum atomic E-state index is -0.871. The molecule has 0 aromatic carbocycles. The van der Waals surface area contributed by atoms with Crippen LogP contribution in [0.3, 0.4) is 0 Å². The molecule has 1 N–H and O–H groups in total.